The molecular formula is C15H18. The number of hydrogen-bond donors (Lipinski definition) is 0. The van der Waals surface area contributed by atoms with Crippen LogP contribution in [0.3, 0.4) is 0 Å². The number of allylic oxidation sites excluding steroid dienone is 3. The van der Waals surface area contributed by atoms with E-state index in [1.807, 2.05) is 0 Å². The third-order valence-corrected chi connectivity index (χ3v) is 3.90. The van der Waals surface area contributed by atoms with Gasteiger partial charge in [-0.15, -0.1) is 0 Å². The van der Waals surface area contributed by atoms with Crippen LogP contribution in [0.1, 0.15) is 32.8 Å². The molecule has 0 nitrogen and oxygen atoms in total. The van der Waals surface area contributed by atoms with Gasteiger partial charge in [0.15, 0.2) is 0 Å². The Labute approximate surface area is 92.3 Å². The Bertz CT molecular complexity index is 423. The molecule has 0 radical (unpaired) electrons. The van der Waals surface area contributed by atoms with Crippen molar-refractivity contribution < 1.29 is 0 Å². The van der Waals surface area contributed by atoms with Gasteiger partial charge in [-0.05, 0) is 31.4 Å². The first-order valence-electron chi connectivity index (χ1n) is 5.47. The maximum atomic E-state index is 4.15. The molecule has 0 N–H and O–H groups in total. The zero-order valence-corrected chi connectivity index (χ0v) is 9.80. The zero-order chi connectivity index (χ0) is 11.1. The molecule has 0 bridgehead atoms. The largest absolute Gasteiger partial charge is 0.0955 e. The van der Waals surface area contributed by atoms with E-state index in [9.17, 15) is 0 Å². The summed E-state index contributed by atoms with van der Waals surface area (Å²) >= 11 is 0. The van der Waals surface area contributed by atoms with E-state index in [4.69, 9.17) is 0 Å². The Morgan fingerprint density at radius 1 is 1.13 bits per heavy atom. The second-order valence-electron chi connectivity index (χ2n) is 4.73. The van der Waals surface area contributed by atoms with Gasteiger partial charge in [-0.3, -0.25) is 0 Å². The molecule has 0 heteroatoms. The number of rotatable bonds is 1. The van der Waals surface area contributed by atoms with Crippen LogP contribution in [0.5, 0.6) is 0 Å². The normalized spacial score (nSPS) is 26.2. The summed E-state index contributed by atoms with van der Waals surface area (Å²) in [5.74, 6) is 0. The van der Waals surface area contributed by atoms with Crippen LogP contribution in [0.15, 0.2) is 53.6 Å². The van der Waals surface area contributed by atoms with Crippen LogP contribution in [0.4, 0.5) is 0 Å². The Kier molecular flexibility index (Phi) is 2.30. The monoisotopic (exact) mass is 198 g/mol. The number of hydrogen-bond acceptors (Lipinski definition) is 0. The van der Waals surface area contributed by atoms with Gasteiger partial charge in [0.2, 0.25) is 0 Å². The van der Waals surface area contributed by atoms with Gasteiger partial charge in [-0.2, -0.15) is 0 Å². The lowest BCUT2D eigenvalue weighted by Gasteiger charge is -2.26. The SMILES string of the molecule is C=C1CC(C)(c2ccccc2)C(C)=C1C. The third-order valence-electron chi connectivity index (χ3n) is 3.90. The molecule has 1 aliphatic rings. The van der Waals surface area contributed by atoms with E-state index in [0.29, 0.717) is 0 Å². The van der Waals surface area contributed by atoms with Crippen molar-refractivity contribution in [3.05, 3.63) is 59.2 Å². The van der Waals surface area contributed by atoms with Crippen molar-refractivity contribution in [3.8, 4) is 0 Å². The summed E-state index contributed by atoms with van der Waals surface area (Å²) in [7, 11) is 0. The highest BCUT2D eigenvalue weighted by molar-refractivity contribution is 5.50. The summed E-state index contributed by atoms with van der Waals surface area (Å²) in [6.45, 7) is 10.9. The Morgan fingerprint density at radius 3 is 2.20 bits per heavy atom. The molecule has 1 unspecified atom stereocenters. The first-order valence-corrected chi connectivity index (χ1v) is 5.47. The van der Waals surface area contributed by atoms with E-state index >= 15 is 0 Å². The highest BCUT2D eigenvalue weighted by atomic mass is 14.4. The first kappa shape index (κ1) is 10.2. The fourth-order valence-corrected chi connectivity index (χ4v) is 2.50. The fourth-order valence-electron chi connectivity index (χ4n) is 2.50. The summed E-state index contributed by atoms with van der Waals surface area (Å²) in [5.41, 5.74) is 5.72. The number of benzene rings is 1. The molecule has 0 amide bonds. The minimum atomic E-state index is 0.169. The molecule has 1 aromatic rings. The van der Waals surface area contributed by atoms with Crippen molar-refractivity contribution in [2.24, 2.45) is 0 Å². The van der Waals surface area contributed by atoms with Crippen LogP contribution in [0.25, 0.3) is 0 Å². The molecule has 1 atom stereocenters. The molecule has 0 aliphatic heterocycles. The van der Waals surface area contributed by atoms with Gasteiger partial charge in [0.25, 0.3) is 0 Å². The van der Waals surface area contributed by atoms with Gasteiger partial charge < -0.3 is 0 Å². The maximum Gasteiger partial charge on any atom is 0.0176 e. The smallest absolute Gasteiger partial charge is 0.0176 e. The summed E-state index contributed by atoms with van der Waals surface area (Å²) < 4.78 is 0. The van der Waals surface area contributed by atoms with Crippen molar-refractivity contribution in [2.45, 2.75) is 32.6 Å². The van der Waals surface area contributed by atoms with Crippen molar-refractivity contribution in [2.75, 3.05) is 0 Å². The maximum absolute atomic E-state index is 4.15. The summed E-state index contributed by atoms with van der Waals surface area (Å²) in [4.78, 5) is 0. The molecule has 15 heavy (non-hydrogen) atoms. The second kappa shape index (κ2) is 3.37. The molecule has 78 valence electrons. The van der Waals surface area contributed by atoms with Gasteiger partial charge in [0.05, 0.1) is 0 Å². The van der Waals surface area contributed by atoms with Crippen LogP contribution >= 0.6 is 0 Å². The molecule has 0 fully saturated rings. The van der Waals surface area contributed by atoms with Gasteiger partial charge in [0, 0.05) is 5.41 Å². The predicted molar refractivity (Wildman–Crippen MR) is 65.9 cm³/mol. The topological polar surface area (TPSA) is 0 Å². The van der Waals surface area contributed by atoms with Gasteiger partial charge in [-0.25, -0.2) is 0 Å². The van der Waals surface area contributed by atoms with E-state index in [1.165, 1.54) is 22.3 Å². The van der Waals surface area contributed by atoms with E-state index in [0.717, 1.165) is 6.42 Å². The fraction of sp³-hybridized carbons (Fsp3) is 0.333. The Balaban J connectivity index is 2.51. The van der Waals surface area contributed by atoms with Crippen molar-refractivity contribution in [1.29, 1.82) is 0 Å². The molecule has 0 aromatic heterocycles. The van der Waals surface area contributed by atoms with Crippen LogP contribution in [-0.2, 0) is 5.41 Å². The Morgan fingerprint density at radius 2 is 1.73 bits per heavy atom. The summed E-state index contributed by atoms with van der Waals surface area (Å²) in [5, 5.41) is 0. The van der Waals surface area contributed by atoms with E-state index in [2.05, 4.69) is 57.7 Å². The molecule has 1 aromatic carbocycles. The summed E-state index contributed by atoms with van der Waals surface area (Å²) in [6.07, 6.45) is 1.06. The standard InChI is InChI=1S/C15H18/c1-11-10-15(4,13(3)12(11)2)14-8-6-5-7-9-14/h5-9H,1,10H2,2-4H3. The Hall–Kier alpha value is -1.30. The van der Waals surface area contributed by atoms with Crippen LogP contribution in [0.2, 0.25) is 0 Å². The van der Waals surface area contributed by atoms with Crippen molar-refractivity contribution in [3.63, 3.8) is 0 Å². The van der Waals surface area contributed by atoms with E-state index < -0.39 is 0 Å². The first-order chi connectivity index (χ1) is 7.05. The minimum Gasteiger partial charge on any atom is -0.0955 e. The zero-order valence-electron chi connectivity index (χ0n) is 9.80. The van der Waals surface area contributed by atoms with Crippen molar-refractivity contribution in [1.82, 2.24) is 0 Å². The third kappa shape index (κ3) is 1.45. The quantitative estimate of drug-likeness (QED) is 0.633. The lowest BCUT2D eigenvalue weighted by molar-refractivity contribution is 0.582. The highest BCUT2D eigenvalue weighted by Gasteiger charge is 2.35. The molecule has 1 aliphatic carbocycles. The molecule has 0 spiro atoms. The van der Waals surface area contributed by atoms with Crippen LogP contribution in [0, 0.1) is 0 Å². The van der Waals surface area contributed by atoms with Gasteiger partial charge in [0.1, 0.15) is 0 Å². The van der Waals surface area contributed by atoms with E-state index in [-0.39, 0.29) is 5.41 Å². The highest BCUT2D eigenvalue weighted by Crippen LogP contribution is 2.46. The van der Waals surface area contributed by atoms with Crippen LogP contribution < -0.4 is 0 Å². The molecule has 0 saturated carbocycles. The van der Waals surface area contributed by atoms with Gasteiger partial charge in [-0.1, -0.05) is 55.0 Å². The molecule has 0 heterocycles. The van der Waals surface area contributed by atoms with Gasteiger partial charge >= 0.3 is 0 Å². The average molecular weight is 198 g/mol. The van der Waals surface area contributed by atoms with Crippen molar-refractivity contribution >= 4 is 0 Å². The molecular weight excluding hydrogens is 180 g/mol. The second-order valence-corrected chi connectivity index (χ2v) is 4.73. The molecule has 2 rings (SSSR count). The lowest BCUT2D eigenvalue weighted by atomic mass is 9.77. The molecule has 0 saturated heterocycles. The van der Waals surface area contributed by atoms with E-state index in [1.54, 1.807) is 0 Å². The summed E-state index contributed by atoms with van der Waals surface area (Å²) in [6, 6.07) is 10.7. The average Bonchev–Trinajstić information content (AvgIpc) is 2.45. The predicted octanol–water partition coefficient (Wildman–Crippen LogP) is 4.24. The minimum absolute atomic E-state index is 0.169. The van der Waals surface area contributed by atoms with Crippen LogP contribution in [-0.4, -0.2) is 0 Å². The lowest BCUT2D eigenvalue weighted by Crippen LogP contribution is -2.19.